The maximum absolute atomic E-state index is 13.1. The Labute approximate surface area is 83.8 Å². The standard InChI is InChI=1S/C8H8BrClFN/c1-4(12)5-2-7(10)6(9)3-8(5)11/h2-4H,12H2,1H3. The lowest BCUT2D eigenvalue weighted by Crippen LogP contribution is -2.07. The Kier molecular flexibility index (Phi) is 3.09. The summed E-state index contributed by atoms with van der Waals surface area (Å²) in [4.78, 5) is 0. The van der Waals surface area contributed by atoms with Crippen molar-refractivity contribution in [1.29, 1.82) is 0 Å². The van der Waals surface area contributed by atoms with Gasteiger partial charge in [-0.25, -0.2) is 4.39 Å². The molecule has 1 rings (SSSR count). The minimum Gasteiger partial charge on any atom is -0.324 e. The van der Waals surface area contributed by atoms with Crippen molar-refractivity contribution in [2.24, 2.45) is 5.73 Å². The van der Waals surface area contributed by atoms with E-state index in [-0.39, 0.29) is 11.9 Å². The van der Waals surface area contributed by atoms with Crippen LogP contribution in [-0.4, -0.2) is 0 Å². The molecule has 1 aromatic rings. The Hall–Kier alpha value is -0.120. The summed E-state index contributed by atoms with van der Waals surface area (Å²) in [5.41, 5.74) is 5.95. The summed E-state index contributed by atoms with van der Waals surface area (Å²) in [7, 11) is 0. The summed E-state index contributed by atoms with van der Waals surface area (Å²) in [6.07, 6.45) is 0. The van der Waals surface area contributed by atoms with Gasteiger partial charge in [-0.2, -0.15) is 0 Å². The molecule has 1 unspecified atom stereocenters. The first kappa shape index (κ1) is 9.96. The zero-order valence-corrected chi connectivity index (χ0v) is 8.79. The Morgan fingerprint density at radius 1 is 1.58 bits per heavy atom. The van der Waals surface area contributed by atoms with Gasteiger partial charge >= 0.3 is 0 Å². The predicted molar refractivity (Wildman–Crippen MR) is 51.7 cm³/mol. The smallest absolute Gasteiger partial charge is 0.129 e. The van der Waals surface area contributed by atoms with E-state index < -0.39 is 0 Å². The number of hydrogen-bond acceptors (Lipinski definition) is 1. The number of hydrogen-bond donors (Lipinski definition) is 1. The van der Waals surface area contributed by atoms with Crippen molar-refractivity contribution in [3.05, 3.63) is 33.0 Å². The fourth-order valence-electron chi connectivity index (χ4n) is 0.887. The van der Waals surface area contributed by atoms with E-state index >= 15 is 0 Å². The second kappa shape index (κ2) is 3.73. The van der Waals surface area contributed by atoms with Gasteiger partial charge < -0.3 is 5.73 Å². The van der Waals surface area contributed by atoms with Gasteiger partial charge in [0, 0.05) is 16.1 Å². The SMILES string of the molecule is CC(N)c1cc(Cl)c(Br)cc1F. The first-order valence-corrected chi connectivity index (χ1v) is 4.59. The Morgan fingerprint density at radius 2 is 2.17 bits per heavy atom. The Morgan fingerprint density at radius 3 is 2.67 bits per heavy atom. The molecule has 1 atom stereocenters. The lowest BCUT2D eigenvalue weighted by atomic mass is 10.1. The van der Waals surface area contributed by atoms with Crippen LogP contribution in [0.5, 0.6) is 0 Å². The molecular weight excluding hydrogens is 244 g/mol. The third-order valence-corrected chi connectivity index (χ3v) is 2.73. The first-order chi connectivity index (χ1) is 5.52. The third-order valence-electron chi connectivity index (χ3n) is 1.53. The second-order valence-electron chi connectivity index (χ2n) is 2.58. The van der Waals surface area contributed by atoms with Gasteiger partial charge in [-0.1, -0.05) is 11.6 Å². The maximum Gasteiger partial charge on any atom is 0.129 e. The molecule has 0 saturated carbocycles. The molecular formula is C8H8BrClFN. The summed E-state index contributed by atoms with van der Waals surface area (Å²) in [5.74, 6) is -0.332. The van der Waals surface area contributed by atoms with Crippen LogP contribution in [0.25, 0.3) is 0 Å². The van der Waals surface area contributed by atoms with Crippen molar-refractivity contribution in [1.82, 2.24) is 0 Å². The molecule has 1 nitrogen and oxygen atoms in total. The van der Waals surface area contributed by atoms with Crippen molar-refractivity contribution in [3.8, 4) is 0 Å². The predicted octanol–water partition coefficient (Wildman–Crippen LogP) is 3.26. The van der Waals surface area contributed by atoms with Gasteiger partial charge in [0.2, 0.25) is 0 Å². The number of benzene rings is 1. The van der Waals surface area contributed by atoms with Crippen LogP contribution in [0.4, 0.5) is 4.39 Å². The number of nitrogens with two attached hydrogens (primary N) is 1. The minimum absolute atomic E-state index is 0.332. The van der Waals surface area contributed by atoms with Crippen LogP contribution in [0.2, 0.25) is 5.02 Å². The van der Waals surface area contributed by atoms with E-state index in [4.69, 9.17) is 17.3 Å². The molecule has 0 radical (unpaired) electrons. The van der Waals surface area contributed by atoms with Crippen molar-refractivity contribution in [2.75, 3.05) is 0 Å². The van der Waals surface area contributed by atoms with Crippen molar-refractivity contribution in [3.63, 3.8) is 0 Å². The molecule has 4 heteroatoms. The summed E-state index contributed by atoms with van der Waals surface area (Å²) in [5, 5.41) is 0.476. The number of rotatable bonds is 1. The van der Waals surface area contributed by atoms with E-state index in [1.54, 1.807) is 6.92 Å². The summed E-state index contributed by atoms with van der Waals surface area (Å²) in [6.45, 7) is 1.71. The minimum atomic E-state index is -0.337. The normalized spacial score (nSPS) is 13.1. The monoisotopic (exact) mass is 251 g/mol. The first-order valence-electron chi connectivity index (χ1n) is 3.42. The Balaban J connectivity index is 3.23. The molecule has 12 heavy (non-hydrogen) atoms. The van der Waals surface area contributed by atoms with E-state index in [1.165, 1.54) is 12.1 Å². The van der Waals surface area contributed by atoms with Crippen molar-refractivity contribution < 1.29 is 4.39 Å². The van der Waals surface area contributed by atoms with E-state index in [1.807, 2.05) is 0 Å². The molecule has 2 N–H and O–H groups in total. The van der Waals surface area contributed by atoms with Gasteiger partial charge in [-0.3, -0.25) is 0 Å². The highest BCUT2D eigenvalue weighted by Gasteiger charge is 2.09. The van der Waals surface area contributed by atoms with Crippen LogP contribution in [0.1, 0.15) is 18.5 Å². The molecule has 0 aliphatic carbocycles. The average Bonchev–Trinajstić information content (AvgIpc) is 1.96. The topological polar surface area (TPSA) is 26.0 Å². The van der Waals surface area contributed by atoms with E-state index in [0.29, 0.717) is 15.1 Å². The van der Waals surface area contributed by atoms with Gasteiger partial charge in [0.1, 0.15) is 5.82 Å². The molecule has 0 saturated heterocycles. The Bertz CT molecular complexity index is 301. The van der Waals surface area contributed by atoms with Crippen molar-refractivity contribution in [2.45, 2.75) is 13.0 Å². The third kappa shape index (κ3) is 1.97. The van der Waals surface area contributed by atoms with Crippen LogP contribution >= 0.6 is 27.5 Å². The second-order valence-corrected chi connectivity index (χ2v) is 3.84. The average molecular weight is 253 g/mol. The van der Waals surface area contributed by atoms with Crippen molar-refractivity contribution >= 4 is 27.5 Å². The molecule has 0 fully saturated rings. The fourth-order valence-corrected chi connectivity index (χ4v) is 1.37. The molecule has 1 aromatic carbocycles. The molecule has 0 bridgehead atoms. The summed E-state index contributed by atoms with van der Waals surface area (Å²) >= 11 is 8.88. The zero-order valence-electron chi connectivity index (χ0n) is 6.44. The molecule has 0 spiro atoms. The van der Waals surface area contributed by atoms with Gasteiger partial charge in [-0.05, 0) is 35.0 Å². The van der Waals surface area contributed by atoms with Gasteiger partial charge in [0.05, 0.1) is 5.02 Å². The molecule has 0 heterocycles. The lowest BCUT2D eigenvalue weighted by molar-refractivity contribution is 0.593. The van der Waals surface area contributed by atoms with E-state index in [2.05, 4.69) is 15.9 Å². The quantitative estimate of drug-likeness (QED) is 0.763. The lowest BCUT2D eigenvalue weighted by Gasteiger charge is -2.08. The zero-order chi connectivity index (χ0) is 9.30. The van der Waals surface area contributed by atoms with Crippen LogP contribution < -0.4 is 5.73 Å². The molecule has 0 amide bonds. The van der Waals surface area contributed by atoms with Crippen LogP contribution in [0.3, 0.4) is 0 Å². The summed E-state index contributed by atoms with van der Waals surface area (Å²) < 4.78 is 13.7. The van der Waals surface area contributed by atoms with Gasteiger partial charge in [-0.15, -0.1) is 0 Å². The van der Waals surface area contributed by atoms with Crippen LogP contribution in [0.15, 0.2) is 16.6 Å². The van der Waals surface area contributed by atoms with Crippen LogP contribution in [-0.2, 0) is 0 Å². The molecule has 66 valence electrons. The highest BCUT2D eigenvalue weighted by atomic mass is 79.9. The van der Waals surface area contributed by atoms with E-state index in [9.17, 15) is 4.39 Å². The molecule has 0 aliphatic rings. The highest BCUT2D eigenvalue weighted by Crippen LogP contribution is 2.27. The van der Waals surface area contributed by atoms with Crippen LogP contribution in [0, 0.1) is 5.82 Å². The fraction of sp³-hybridized carbons (Fsp3) is 0.250. The van der Waals surface area contributed by atoms with E-state index in [0.717, 1.165) is 0 Å². The summed E-state index contributed by atoms with van der Waals surface area (Å²) in [6, 6.07) is 2.52. The van der Waals surface area contributed by atoms with Gasteiger partial charge in [0.25, 0.3) is 0 Å². The molecule has 0 aliphatic heterocycles. The number of halogens is 3. The highest BCUT2D eigenvalue weighted by molar-refractivity contribution is 9.10. The largest absolute Gasteiger partial charge is 0.324 e. The van der Waals surface area contributed by atoms with Gasteiger partial charge in [0.15, 0.2) is 0 Å². The molecule has 0 aromatic heterocycles. The maximum atomic E-state index is 13.1.